The Morgan fingerprint density at radius 3 is 2.71 bits per heavy atom. The van der Waals surface area contributed by atoms with E-state index in [1.165, 1.54) is 0 Å². The van der Waals surface area contributed by atoms with Gasteiger partial charge in [0.1, 0.15) is 0 Å². The average molecular weight is 233 g/mol. The van der Waals surface area contributed by atoms with Crippen LogP contribution in [0.4, 0.5) is 5.69 Å². The van der Waals surface area contributed by atoms with Crippen molar-refractivity contribution in [2.24, 2.45) is 0 Å². The minimum absolute atomic E-state index is 0.534. The van der Waals surface area contributed by atoms with Crippen molar-refractivity contribution in [2.75, 3.05) is 19.0 Å². The summed E-state index contributed by atoms with van der Waals surface area (Å²) in [6, 6.07) is 1.88. The van der Waals surface area contributed by atoms with Crippen LogP contribution in [-0.2, 0) is 0 Å². The summed E-state index contributed by atoms with van der Waals surface area (Å²) in [7, 11) is 3.87. The second kappa shape index (κ2) is 4.50. The molecule has 0 fully saturated rings. The van der Waals surface area contributed by atoms with E-state index in [1.807, 2.05) is 25.1 Å². The first-order valence-corrected chi connectivity index (χ1v) is 5.31. The lowest BCUT2D eigenvalue weighted by Gasteiger charge is -2.11. The Morgan fingerprint density at radius 1 is 1.35 bits per heavy atom. The molecule has 0 radical (unpaired) electrons. The first-order chi connectivity index (χ1) is 8.08. The molecule has 0 amide bonds. The number of hydrogen-bond acceptors (Lipinski definition) is 5. The van der Waals surface area contributed by atoms with Gasteiger partial charge < -0.3 is 10.0 Å². The lowest BCUT2D eigenvalue weighted by molar-refractivity contribution is 0.199. The quantitative estimate of drug-likeness (QED) is 0.848. The number of hydrogen-bond donors (Lipinski definition) is 1. The van der Waals surface area contributed by atoms with Crippen molar-refractivity contribution < 1.29 is 5.11 Å². The molecule has 17 heavy (non-hydrogen) atoms. The van der Waals surface area contributed by atoms with Crippen LogP contribution in [0.25, 0.3) is 5.82 Å². The zero-order chi connectivity index (χ0) is 12.4. The van der Waals surface area contributed by atoms with Crippen molar-refractivity contribution in [1.29, 1.82) is 0 Å². The van der Waals surface area contributed by atoms with E-state index in [0.29, 0.717) is 5.82 Å². The van der Waals surface area contributed by atoms with Crippen LogP contribution in [0, 0.1) is 0 Å². The van der Waals surface area contributed by atoms with Gasteiger partial charge in [0.05, 0.1) is 24.2 Å². The van der Waals surface area contributed by atoms with Crippen molar-refractivity contribution in [1.82, 2.24) is 20.0 Å². The summed E-state index contributed by atoms with van der Waals surface area (Å²) in [6.45, 7) is 1.70. The minimum Gasteiger partial charge on any atom is -0.389 e. The van der Waals surface area contributed by atoms with E-state index in [9.17, 15) is 5.11 Å². The van der Waals surface area contributed by atoms with E-state index < -0.39 is 6.10 Å². The molecule has 0 aliphatic rings. The largest absolute Gasteiger partial charge is 0.389 e. The molecular formula is C11H15N5O. The van der Waals surface area contributed by atoms with Crippen molar-refractivity contribution in [2.45, 2.75) is 13.0 Å². The van der Waals surface area contributed by atoms with E-state index in [2.05, 4.69) is 15.3 Å². The number of rotatable bonds is 3. The van der Waals surface area contributed by atoms with E-state index in [4.69, 9.17) is 0 Å². The predicted octanol–water partition coefficient (Wildman–Crippen LogP) is 0.782. The fraction of sp³-hybridized carbons (Fsp3) is 0.364. The van der Waals surface area contributed by atoms with Crippen LogP contribution in [0.5, 0.6) is 0 Å². The van der Waals surface area contributed by atoms with E-state index in [0.717, 1.165) is 11.3 Å². The molecule has 2 heterocycles. The van der Waals surface area contributed by atoms with Crippen LogP contribution < -0.4 is 4.90 Å². The lowest BCUT2D eigenvalue weighted by Crippen LogP contribution is -2.10. The molecule has 0 spiro atoms. The summed E-state index contributed by atoms with van der Waals surface area (Å²) in [5.41, 5.74) is 1.70. The van der Waals surface area contributed by atoms with Gasteiger partial charge in [-0.15, -0.1) is 5.10 Å². The SMILES string of the molecule is CC(O)c1cnn(-c2cc(N(C)C)cnn2)c1. The smallest absolute Gasteiger partial charge is 0.177 e. The number of aromatic nitrogens is 4. The highest BCUT2D eigenvalue weighted by Gasteiger charge is 2.07. The van der Waals surface area contributed by atoms with Gasteiger partial charge in [-0.2, -0.15) is 10.2 Å². The molecule has 0 aromatic carbocycles. The maximum atomic E-state index is 9.43. The Kier molecular flexibility index (Phi) is 3.06. The Bertz CT molecular complexity index is 506. The highest BCUT2D eigenvalue weighted by molar-refractivity contribution is 5.46. The van der Waals surface area contributed by atoms with Gasteiger partial charge in [0.25, 0.3) is 0 Å². The molecule has 2 rings (SSSR count). The van der Waals surface area contributed by atoms with Crippen LogP contribution in [0.15, 0.2) is 24.7 Å². The third-order valence-electron chi connectivity index (χ3n) is 2.46. The van der Waals surface area contributed by atoms with Crippen molar-refractivity contribution in [3.8, 4) is 5.82 Å². The third-order valence-corrected chi connectivity index (χ3v) is 2.46. The summed E-state index contributed by atoms with van der Waals surface area (Å²) >= 11 is 0. The van der Waals surface area contributed by atoms with Gasteiger partial charge in [-0.3, -0.25) is 0 Å². The van der Waals surface area contributed by atoms with E-state index >= 15 is 0 Å². The van der Waals surface area contributed by atoms with Gasteiger partial charge in [-0.05, 0) is 6.92 Å². The molecule has 90 valence electrons. The summed E-state index contributed by atoms with van der Waals surface area (Å²) < 4.78 is 1.60. The van der Waals surface area contributed by atoms with Crippen LogP contribution in [0.3, 0.4) is 0 Å². The molecular weight excluding hydrogens is 218 g/mol. The molecule has 1 unspecified atom stereocenters. The number of aliphatic hydroxyl groups is 1. The Morgan fingerprint density at radius 2 is 2.12 bits per heavy atom. The van der Waals surface area contributed by atoms with E-state index in [1.54, 1.807) is 30.2 Å². The molecule has 6 nitrogen and oxygen atoms in total. The summed E-state index contributed by atoms with van der Waals surface area (Å²) in [5.74, 6) is 0.628. The van der Waals surface area contributed by atoms with Crippen molar-refractivity contribution in [3.05, 3.63) is 30.2 Å². The summed E-state index contributed by atoms with van der Waals surface area (Å²) in [6.07, 6.45) is 4.51. The fourth-order valence-electron chi connectivity index (χ4n) is 1.38. The zero-order valence-electron chi connectivity index (χ0n) is 10.1. The highest BCUT2D eigenvalue weighted by Crippen LogP contribution is 2.15. The first kappa shape index (κ1) is 11.5. The molecule has 6 heteroatoms. The molecule has 0 aliphatic carbocycles. The van der Waals surface area contributed by atoms with Crippen LogP contribution in [-0.4, -0.2) is 39.2 Å². The van der Waals surface area contributed by atoms with Gasteiger partial charge in [0.2, 0.25) is 0 Å². The minimum atomic E-state index is -0.534. The van der Waals surface area contributed by atoms with Crippen LogP contribution in [0.1, 0.15) is 18.6 Å². The lowest BCUT2D eigenvalue weighted by atomic mass is 10.2. The summed E-state index contributed by atoms with van der Waals surface area (Å²) in [5, 5.41) is 21.5. The average Bonchev–Trinajstić information content (AvgIpc) is 2.78. The number of anilines is 1. The molecule has 1 N–H and O–H groups in total. The Hall–Kier alpha value is -1.95. The molecule has 2 aromatic heterocycles. The second-order valence-electron chi connectivity index (χ2n) is 4.06. The van der Waals surface area contributed by atoms with E-state index in [-0.39, 0.29) is 0 Å². The fourth-order valence-corrected chi connectivity index (χ4v) is 1.38. The normalized spacial score (nSPS) is 12.5. The summed E-state index contributed by atoms with van der Waals surface area (Å²) in [4.78, 5) is 1.94. The van der Waals surface area contributed by atoms with Gasteiger partial charge in [0, 0.05) is 31.9 Å². The maximum absolute atomic E-state index is 9.43. The highest BCUT2D eigenvalue weighted by atomic mass is 16.3. The van der Waals surface area contributed by atoms with Gasteiger partial charge in [-0.25, -0.2) is 4.68 Å². The Balaban J connectivity index is 2.35. The van der Waals surface area contributed by atoms with Crippen molar-refractivity contribution >= 4 is 5.69 Å². The molecule has 0 aliphatic heterocycles. The maximum Gasteiger partial charge on any atom is 0.177 e. The first-order valence-electron chi connectivity index (χ1n) is 5.31. The monoisotopic (exact) mass is 233 g/mol. The second-order valence-corrected chi connectivity index (χ2v) is 4.06. The van der Waals surface area contributed by atoms with Crippen molar-refractivity contribution in [3.63, 3.8) is 0 Å². The molecule has 2 aromatic rings. The van der Waals surface area contributed by atoms with Crippen LogP contribution >= 0.6 is 0 Å². The standard InChI is InChI=1S/C11H15N5O/c1-8(17)9-5-13-16(7-9)11-4-10(15(2)3)6-12-14-11/h4-8,17H,1-3H3. The Labute approximate surface area is 99.5 Å². The molecule has 0 saturated carbocycles. The predicted molar refractivity (Wildman–Crippen MR) is 64.1 cm³/mol. The molecule has 0 saturated heterocycles. The zero-order valence-corrected chi connectivity index (χ0v) is 10.1. The number of nitrogens with zero attached hydrogens (tertiary/aromatic N) is 5. The van der Waals surface area contributed by atoms with Gasteiger partial charge >= 0.3 is 0 Å². The molecule has 1 atom stereocenters. The van der Waals surface area contributed by atoms with Crippen LogP contribution in [0.2, 0.25) is 0 Å². The van der Waals surface area contributed by atoms with Gasteiger partial charge in [-0.1, -0.05) is 0 Å². The number of aliphatic hydroxyl groups excluding tert-OH is 1. The molecule has 0 bridgehead atoms. The van der Waals surface area contributed by atoms with Gasteiger partial charge in [0.15, 0.2) is 5.82 Å². The topological polar surface area (TPSA) is 67.1 Å². The third kappa shape index (κ3) is 2.42.